The van der Waals surface area contributed by atoms with Crippen molar-refractivity contribution < 1.29 is 8.78 Å². The minimum Gasteiger partial charge on any atom is -0.284 e. The predicted molar refractivity (Wildman–Crippen MR) is 107 cm³/mol. The summed E-state index contributed by atoms with van der Waals surface area (Å²) in [6, 6.07) is 3.57. The Labute approximate surface area is 168 Å². The highest BCUT2D eigenvalue weighted by Gasteiger charge is 2.21. The molecule has 0 aliphatic heterocycles. The van der Waals surface area contributed by atoms with Gasteiger partial charge in [0, 0.05) is 17.6 Å². The molecule has 0 unspecified atom stereocenters. The number of terminal acetylenes is 1. The molecular weight excluding hydrogens is 392 g/mol. The first-order valence-corrected chi connectivity index (χ1v) is 8.88. The predicted octanol–water partition coefficient (Wildman–Crippen LogP) is 2.26. The van der Waals surface area contributed by atoms with Crippen LogP contribution in [0.1, 0.15) is 11.3 Å². The number of hydrogen-bond donors (Lipinski definition) is 0. The maximum atomic E-state index is 13.9. The molecule has 0 bridgehead atoms. The van der Waals surface area contributed by atoms with Gasteiger partial charge in [0.05, 0.1) is 35.8 Å². The van der Waals surface area contributed by atoms with Gasteiger partial charge in [-0.1, -0.05) is 5.92 Å². The minimum absolute atomic E-state index is 0.00707. The zero-order valence-electron chi connectivity index (χ0n) is 16.1. The Morgan fingerprint density at radius 1 is 1.07 bits per heavy atom. The molecule has 30 heavy (non-hydrogen) atoms. The molecule has 0 aliphatic rings. The summed E-state index contributed by atoms with van der Waals surface area (Å²) >= 11 is 0. The Balaban J connectivity index is 2.14. The molecule has 0 atom stereocenters. The van der Waals surface area contributed by atoms with E-state index in [2.05, 4.69) is 16.0 Å². The fourth-order valence-electron chi connectivity index (χ4n) is 3.35. The molecule has 3 aromatic heterocycles. The van der Waals surface area contributed by atoms with Gasteiger partial charge >= 0.3 is 5.69 Å². The summed E-state index contributed by atoms with van der Waals surface area (Å²) in [6.07, 6.45) is 9.70. The zero-order chi connectivity index (χ0) is 21.6. The number of nitrogens with zero attached hydrogens (tertiary/aromatic N) is 5. The number of pyridine rings is 1. The summed E-state index contributed by atoms with van der Waals surface area (Å²) in [5.41, 5.74) is 0.0845. The van der Waals surface area contributed by atoms with Crippen molar-refractivity contribution in [3.05, 3.63) is 80.5 Å². The van der Waals surface area contributed by atoms with Crippen LogP contribution in [0.15, 0.2) is 46.4 Å². The topological polar surface area (TPSA) is 74.7 Å². The van der Waals surface area contributed by atoms with Crippen molar-refractivity contribution in [2.24, 2.45) is 0 Å². The average molecular weight is 407 g/mol. The molecule has 0 saturated heterocycles. The molecular formula is C21H15F2N5O2. The van der Waals surface area contributed by atoms with Gasteiger partial charge in [-0.15, -0.1) is 6.42 Å². The standard InChI is InChI=1S/C21H15F2N5O2/c1-4-5-26-13(3)19(28-18-8-17(23)16(22)7-14(18)10-25-28)20(29)27(21(26)30)15-6-12(2)9-24-11-15/h1,6-11H,5H2,2-3H3. The molecule has 0 spiro atoms. The summed E-state index contributed by atoms with van der Waals surface area (Å²) in [7, 11) is 0. The van der Waals surface area contributed by atoms with Crippen LogP contribution >= 0.6 is 0 Å². The first kappa shape index (κ1) is 19.3. The van der Waals surface area contributed by atoms with Gasteiger partial charge in [0.1, 0.15) is 0 Å². The number of fused-ring (bicyclic) bond motifs is 1. The third-order valence-electron chi connectivity index (χ3n) is 4.77. The Morgan fingerprint density at radius 2 is 1.80 bits per heavy atom. The van der Waals surface area contributed by atoms with E-state index in [0.29, 0.717) is 5.39 Å². The van der Waals surface area contributed by atoms with E-state index in [9.17, 15) is 18.4 Å². The van der Waals surface area contributed by atoms with Gasteiger partial charge in [0.2, 0.25) is 0 Å². The largest absolute Gasteiger partial charge is 0.336 e. The smallest absolute Gasteiger partial charge is 0.284 e. The molecule has 1 aromatic carbocycles. The van der Waals surface area contributed by atoms with Crippen molar-refractivity contribution in [1.29, 1.82) is 0 Å². The third-order valence-corrected chi connectivity index (χ3v) is 4.77. The van der Waals surface area contributed by atoms with E-state index in [1.165, 1.54) is 21.6 Å². The molecule has 0 N–H and O–H groups in total. The minimum atomic E-state index is -1.08. The Morgan fingerprint density at radius 3 is 2.50 bits per heavy atom. The summed E-state index contributed by atoms with van der Waals surface area (Å²) in [4.78, 5) is 30.5. The molecule has 0 aliphatic carbocycles. The quantitative estimate of drug-likeness (QED) is 0.489. The van der Waals surface area contributed by atoms with Crippen molar-refractivity contribution in [2.75, 3.05) is 0 Å². The molecule has 0 amide bonds. The maximum absolute atomic E-state index is 13.9. The van der Waals surface area contributed by atoms with Crippen LogP contribution in [0, 0.1) is 37.8 Å². The molecule has 0 fully saturated rings. The van der Waals surface area contributed by atoms with Crippen LogP contribution in [0.2, 0.25) is 0 Å². The molecule has 3 heterocycles. The van der Waals surface area contributed by atoms with Crippen LogP contribution in [-0.2, 0) is 6.54 Å². The van der Waals surface area contributed by atoms with E-state index in [-0.39, 0.29) is 29.1 Å². The highest BCUT2D eigenvalue weighted by molar-refractivity contribution is 5.80. The van der Waals surface area contributed by atoms with E-state index in [1.807, 2.05) is 0 Å². The van der Waals surface area contributed by atoms with Crippen LogP contribution in [0.4, 0.5) is 8.78 Å². The molecule has 150 valence electrons. The van der Waals surface area contributed by atoms with Gasteiger partial charge in [0.15, 0.2) is 17.3 Å². The van der Waals surface area contributed by atoms with Gasteiger partial charge in [-0.05, 0) is 31.5 Å². The van der Waals surface area contributed by atoms with E-state index >= 15 is 0 Å². The van der Waals surface area contributed by atoms with Crippen LogP contribution in [0.25, 0.3) is 22.3 Å². The number of rotatable bonds is 3. The molecule has 4 rings (SSSR count). The second-order valence-electron chi connectivity index (χ2n) is 6.75. The number of benzene rings is 1. The molecule has 0 saturated carbocycles. The Kier molecular flexibility index (Phi) is 4.54. The summed E-state index contributed by atoms with van der Waals surface area (Å²) < 4.78 is 30.9. The van der Waals surface area contributed by atoms with Crippen LogP contribution in [-0.4, -0.2) is 23.9 Å². The van der Waals surface area contributed by atoms with Crippen molar-refractivity contribution in [3.63, 3.8) is 0 Å². The van der Waals surface area contributed by atoms with Gasteiger partial charge in [-0.25, -0.2) is 22.8 Å². The fraction of sp³-hybridized carbons (Fsp3) is 0.143. The maximum Gasteiger partial charge on any atom is 0.336 e. The Hall–Kier alpha value is -4.06. The van der Waals surface area contributed by atoms with Crippen LogP contribution in [0.5, 0.6) is 0 Å². The highest BCUT2D eigenvalue weighted by atomic mass is 19.2. The highest BCUT2D eigenvalue weighted by Crippen LogP contribution is 2.21. The fourth-order valence-corrected chi connectivity index (χ4v) is 3.35. The summed E-state index contributed by atoms with van der Waals surface area (Å²) in [6.45, 7) is 3.22. The molecule has 9 heteroatoms. The normalized spacial score (nSPS) is 11.0. The first-order chi connectivity index (χ1) is 14.3. The van der Waals surface area contributed by atoms with Crippen LogP contribution in [0.3, 0.4) is 0 Å². The number of aromatic nitrogens is 5. The SMILES string of the molecule is C#CCn1c(C)c(-n2ncc3cc(F)c(F)cc32)c(=O)n(-c2cncc(C)c2)c1=O. The van der Waals surface area contributed by atoms with E-state index in [4.69, 9.17) is 6.42 Å². The number of halogens is 2. The second-order valence-corrected chi connectivity index (χ2v) is 6.75. The zero-order valence-corrected chi connectivity index (χ0v) is 16.1. The van der Waals surface area contributed by atoms with Crippen LogP contribution < -0.4 is 11.2 Å². The van der Waals surface area contributed by atoms with E-state index in [0.717, 1.165) is 22.3 Å². The first-order valence-electron chi connectivity index (χ1n) is 8.88. The summed E-state index contributed by atoms with van der Waals surface area (Å²) in [5.74, 6) is 0.284. The number of hydrogen-bond acceptors (Lipinski definition) is 4. The lowest BCUT2D eigenvalue weighted by Gasteiger charge is -2.16. The lowest BCUT2D eigenvalue weighted by Crippen LogP contribution is -2.42. The molecule has 4 aromatic rings. The van der Waals surface area contributed by atoms with Gasteiger partial charge in [0.25, 0.3) is 5.56 Å². The van der Waals surface area contributed by atoms with E-state index in [1.54, 1.807) is 26.1 Å². The van der Waals surface area contributed by atoms with Gasteiger partial charge in [-0.3, -0.25) is 14.3 Å². The number of aryl methyl sites for hydroxylation is 1. The third kappa shape index (κ3) is 2.90. The molecule has 0 radical (unpaired) electrons. The molecule has 7 nitrogen and oxygen atoms in total. The van der Waals surface area contributed by atoms with Gasteiger partial charge < -0.3 is 0 Å². The van der Waals surface area contributed by atoms with Crippen molar-refractivity contribution in [2.45, 2.75) is 20.4 Å². The summed E-state index contributed by atoms with van der Waals surface area (Å²) in [5, 5.41) is 4.44. The lowest BCUT2D eigenvalue weighted by atomic mass is 10.2. The second kappa shape index (κ2) is 7.08. The van der Waals surface area contributed by atoms with Crippen molar-refractivity contribution >= 4 is 10.9 Å². The van der Waals surface area contributed by atoms with Gasteiger partial charge in [-0.2, -0.15) is 5.10 Å². The van der Waals surface area contributed by atoms with Crippen molar-refractivity contribution in [3.8, 4) is 23.7 Å². The Bertz CT molecular complexity index is 1470. The monoisotopic (exact) mass is 407 g/mol. The van der Waals surface area contributed by atoms with E-state index < -0.39 is 22.9 Å². The lowest BCUT2D eigenvalue weighted by molar-refractivity contribution is 0.510. The average Bonchev–Trinajstić information content (AvgIpc) is 3.08. The van der Waals surface area contributed by atoms with Crippen molar-refractivity contribution in [1.82, 2.24) is 23.9 Å².